The Morgan fingerprint density at radius 2 is 1.94 bits per heavy atom. The van der Waals surface area contributed by atoms with Gasteiger partial charge in [0.15, 0.2) is 9.84 Å². The number of methoxy groups -OCH3 is 1. The maximum Gasteiger partial charge on any atom is 0.152 e. The first-order valence-electron chi connectivity index (χ1n) is 5.43. The lowest BCUT2D eigenvalue weighted by Crippen LogP contribution is -2.35. The van der Waals surface area contributed by atoms with Gasteiger partial charge in [0.05, 0.1) is 17.4 Å². The van der Waals surface area contributed by atoms with Crippen LogP contribution < -0.4 is 5.73 Å². The molecule has 1 aromatic carbocycles. The summed E-state index contributed by atoms with van der Waals surface area (Å²) >= 11 is 0. The molecule has 0 bridgehead atoms. The van der Waals surface area contributed by atoms with Gasteiger partial charge in [0.1, 0.15) is 0 Å². The first-order valence-corrected chi connectivity index (χ1v) is 7.38. The van der Waals surface area contributed by atoms with E-state index < -0.39 is 20.6 Å². The maximum absolute atomic E-state index is 11.7. The minimum Gasteiger partial charge on any atom is -0.383 e. The maximum atomic E-state index is 11.7. The van der Waals surface area contributed by atoms with E-state index >= 15 is 0 Å². The van der Waals surface area contributed by atoms with Gasteiger partial charge in [-0.2, -0.15) is 0 Å². The lowest BCUT2D eigenvalue weighted by Gasteiger charge is -2.09. The molecule has 1 aliphatic rings. The lowest BCUT2D eigenvalue weighted by atomic mass is 10.1. The van der Waals surface area contributed by atoms with Crippen LogP contribution in [0.25, 0.3) is 0 Å². The minimum atomic E-state index is -3.16. The number of sulfone groups is 1. The highest BCUT2D eigenvalue weighted by molar-refractivity contribution is 7.91. The summed E-state index contributed by atoms with van der Waals surface area (Å²) in [6.07, 6.45) is 1.23. The molecule has 3 atom stereocenters. The number of rotatable bonds is 4. The van der Waals surface area contributed by atoms with E-state index in [4.69, 9.17) is 10.5 Å². The Hall–Kier alpha value is -0.910. The molecule has 0 aromatic heterocycles. The molecular weight excluding hydrogens is 238 g/mol. The van der Waals surface area contributed by atoms with Crippen LogP contribution in [0.4, 0.5) is 0 Å². The highest BCUT2D eigenvalue weighted by Gasteiger charge is 2.67. The van der Waals surface area contributed by atoms with Gasteiger partial charge in [0.2, 0.25) is 0 Å². The number of hydrogen-bond donors (Lipinski definition) is 1. The van der Waals surface area contributed by atoms with Crippen molar-refractivity contribution < 1.29 is 13.2 Å². The van der Waals surface area contributed by atoms with Crippen LogP contribution in [0.5, 0.6) is 0 Å². The van der Waals surface area contributed by atoms with Crippen LogP contribution in [-0.4, -0.2) is 39.2 Å². The van der Waals surface area contributed by atoms with E-state index in [1.165, 1.54) is 13.4 Å². The third kappa shape index (κ3) is 2.10. The molecule has 94 valence electrons. The zero-order valence-corrected chi connectivity index (χ0v) is 10.8. The third-order valence-electron chi connectivity index (χ3n) is 3.32. The Labute approximate surface area is 102 Å². The molecule has 0 amide bonds. The standard InChI is InChI=1S/C12H17NO3S/c1-16-8-12(13)10(11(12)17(2,14)15)9-6-4-3-5-7-9/h3-7,10-11H,8,13H2,1-2H3/t10-,11+,12+/m1/s1. The molecule has 0 aliphatic heterocycles. The second kappa shape index (κ2) is 4.08. The molecule has 2 rings (SSSR count). The molecule has 17 heavy (non-hydrogen) atoms. The van der Waals surface area contributed by atoms with Gasteiger partial charge in [0.25, 0.3) is 0 Å². The van der Waals surface area contributed by atoms with E-state index in [0.29, 0.717) is 0 Å². The second-order valence-corrected chi connectivity index (χ2v) is 6.85. The molecule has 0 saturated heterocycles. The van der Waals surface area contributed by atoms with Crippen molar-refractivity contribution in [2.45, 2.75) is 16.7 Å². The summed E-state index contributed by atoms with van der Waals surface area (Å²) < 4.78 is 28.5. The van der Waals surface area contributed by atoms with Gasteiger partial charge in [-0.1, -0.05) is 30.3 Å². The quantitative estimate of drug-likeness (QED) is 0.852. The van der Waals surface area contributed by atoms with Gasteiger partial charge >= 0.3 is 0 Å². The molecule has 1 saturated carbocycles. The monoisotopic (exact) mass is 255 g/mol. The molecule has 0 radical (unpaired) electrons. The van der Waals surface area contributed by atoms with E-state index in [1.807, 2.05) is 30.3 Å². The Morgan fingerprint density at radius 3 is 2.41 bits per heavy atom. The summed E-state index contributed by atoms with van der Waals surface area (Å²) in [6.45, 7) is 0.254. The Morgan fingerprint density at radius 1 is 1.35 bits per heavy atom. The fourth-order valence-electron chi connectivity index (χ4n) is 2.64. The molecule has 5 heteroatoms. The van der Waals surface area contributed by atoms with E-state index in [1.54, 1.807) is 0 Å². The van der Waals surface area contributed by atoms with Gasteiger partial charge in [-0.05, 0) is 5.56 Å². The van der Waals surface area contributed by atoms with Gasteiger partial charge in [-0.15, -0.1) is 0 Å². The normalized spacial score (nSPS) is 32.4. The fourth-order valence-corrected chi connectivity index (χ4v) is 4.47. The topological polar surface area (TPSA) is 69.4 Å². The van der Waals surface area contributed by atoms with Crippen LogP contribution in [0.1, 0.15) is 11.5 Å². The SMILES string of the molecule is COC[C@]1(N)[C@H](c2ccccc2)[C@@H]1S(C)(=O)=O. The largest absolute Gasteiger partial charge is 0.383 e. The predicted molar refractivity (Wildman–Crippen MR) is 66.6 cm³/mol. The number of hydrogen-bond acceptors (Lipinski definition) is 4. The molecule has 0 heterocycles. The molecule has 1 fully saturated rings. The van der Waals surface area contributed by atoms with E-state index in [9.17, 15) is 8.42 Å². The van der Waals surface area contributed by atoms with Crippen molar-refractivity contribution in [3.05, 3.63) is 35.9 Å². The van der Waals surface area contributed by atoms with Crippen molar-refractivity contribution in [2.24, 2.45) is 5.73 Å². The van der Waals surface area contributed by atoms with Crippen LogP contribution in [0.2, 0.25) is 0 Å². The van der Waals surface area contributed by atoms with Gasteiger partial charge in [-0.3, -0.25) is 0 Å². The molecule has 4 nitrogen and oxygen atoms in total. The van der Waals surface area contributed by atoms with Gasteiger partial charge in [-0.25, -0.2) is 8.42 Å². The van der Waals surface area contributed by atoms with Crippen LogP contribution in [-0.2, 0) is 14.6 Å². The van der Waals surface area contributed by atoms with Crippen molar-refractivity contribution in [3.8, 4) is 0 Å². The molecule has 1 aromatic rings. The highest BCUT2D eigenvalue weighted by Crippen LogP contribution is 2.53. The van der Waals surface area contributed by atoms with E-state index in [0.717, 1.165) is 5.56 Å². The lowest BCUT2D eigenvalue weighted by molar-refractivity contribution is 0.171. The van der Waals surface area contributed by atoms with Crippen molar-refractivity contribution in [1.29, 1.82) is 0 Å². The Bertz CT molecular complexity index is 500. The molecular formula is C12H17NO3S. The van der Waals surface area contributed by atoms with Gasteiger partial charge < -0.3 is 10.5 Å². The number of ether oxygens (including phenoxy) is 1. The predicted octanol–water partition coefficient (Wildman–Crippen LogP) is 0.541. The first-order chi connectivity index (χ1) is 7.91. The summed E-state index contributed by atoms with van der Waals surface area (Å²) in [5, 5.41) is -0.544. The van der Waals surface area contributed by atoms with Crippen LogP contribution in [0, 0.1) is 0 Å². The fraction of sp³-hybridized carbons (Fsp3) is 0.500. The van der Waals surface area contributed by atoms with Crippen molar-refractivity contribution in [2.75, 3.05) is 20.0 Å². The summed E-state index contributed by atoms with van der Waals surface area (Å²) in [5.41, 5.74) is 6.33. The summed E-state index contributed by atoms with van der Waals surface area (Å²) in [6, 6.07) is 9.50. The van der Waals surface area contributed by atoms with Crippen molar-refractivity contribution in [3.63, 3.8) is 0 Å². The zero-order chi connectivity index (χ0) is 12.7. The summed E-state index contributed by atoms with van der Waals surface area (Å²) in [7, 11) is -1.63. The number of nitrogens with two attached hydrogens (primary N) is 1. The van der Waals surface area contributed by atoms with Gasteiger partial charge in [0, 0.05) is 19.3 Å². The second-order valence-electron chi connectivity index (χ2n) is 4.68. The summed E-state index contributed by atoms with van der Waals surface area (Å²) in [4.78, 5) is 0. The highest BCUT2D eigenvalue weighted by atomic mass is 32.2. The van der Waals surface area contributed by atoms with Crippen molar-refractivity contribution >= 4 is 9.84 Å². The first kappa shape index (κ1) is 12.5. The molecule has 2 N–H and O–H groups in total. The third-order valence-corrected chi connectivity index (χ3v) is 4.95. The minimum absolute atomic E-state index is 0.168. The average molecular weight is 255 g/mol. The molecule has 1 aliphatic carbocycles. The Kier molecular flexibility index (Phi) is 3.01. The molecule has 0 unspecified atom stereocenters. The van der Waals surface area contributed by atoms with E-state index in [-0.39, 0.29) is 12.5 Å². The smallest absolute Gasteiger partial charge is 0.152 e. The Balaban J connectivity index is 2.35. The summed E-state index contributed by atoms with van der Waals surface area (Å²) in [5.74, 6) is -0.168. The van der Waals surface area contributed by atoms with Crippen molar-refractivity contribution in [1.82, 2.24) is 0 Å². The zero-order valence-electron chi connectivity index (χ0n) is 9.96. The number of benzene rings is 1. The van der Waals surface area contributed by atoms with Crippen LogP contribution in [0.15, 0.2) is 30.3 Å². The molecule has 0 spiro atoms. The van der Waals surface area contributed by atoms with Crippen LogP contribution in [0.3, 0.4) is 0 Å². The average Bonchev–Trinajstić information content (AvgIpc) is 2.86. The van der Waals surface area contributed by atoms with Crippen LogP contribution >= 0.6 is 0 Å². The van der Waals surface area contributed by atoms with E-state index in [2.05, 4.69) is 0 Å².